The lowest BCUT2D eigenvalue weighted by molar-refractivity contribution is -0.116. The van der Waals surface area contributed by atoms with Gasteiger partial charge in [0.05, 0.1) is 6.61 Å². The van der Waals surface area contributed by atoms with E-state index < -0.39 is 0 Å². The zero-order valence-electron chi connectivity index (χ0n) is 14.2. The van der Waals surface area contributed by atoms with Crippen LogP contribution in [0.1, 0.15) is 46.0 Å². The average molecular weight is 306 g/mol. The molecule has 0 saturated carbocycles. The number of amides is 1. The molecule has 0 saturated heterocycles. The molecule has 1 amide bonds. The van der Waals surface area contributed by atoms with E-state index in [1.165, 1.54) is 12.8 Å². The standard InChI is InChI=1S/C18H30N2O2/c1-4-6-13-20(3)14-12-18(21)19-16-8-10-17(11-9-16)22-15-7-5-2/h8-11H,4-7,12-15H2,1-3H3,(H,19,21). The van der Waals surface area contributed by atoms with Gasteiger partial charge in [-0.2, -0.15) is 0 Å². The topological polar surface area (TPSA) is 41.6 Å². The Morgan fingerprint density at radius 1 is 1.09 bits per heavy atom. The number of benzene rings is 1. The van der Waals surface area contributed by atoms with Crippen molar-refractivity contribution in [1.82, 2.24) is 4.90 Å². The third-order valence-corrected chi connectivity index (χ3v) is 3.52. The Hall–Kier alpha value is -1.55. The van der Waals surface area contributed by atoms with E-state index in [-0.39, 0.29) is 5.91 Å². The van der Waals surface area contributed by atoms with Crippen molar-refractivity contribution in [3.63, 3.8) is 0 Å². The van der Waals surface area contributed by atoms with Crippen LogP contribution in [0.2, 0.25) is 0 Å². The number of carbonyl (C=O) groups excluding carboxylic acids is 1. The van der Waals surface area contributed by atoms with Crippen LogP contribution in [0.5, 0.6) is 5.75 Å². The zero-order valence-corrected chi connectivity index (χ0v) is 14.2. The fourth-order valence-electron chi connectivity index (χ4n) is 2.02. The second-order valence-corrected chi connectivity index (χ2v) is 5.68. The molecule has 0 fully saturated rings. The van der Waals surface area contributed by atoms with Crippen LogP contribution in [-0.4, -0.2) is 37.6 Å². The van der Waals surface area contributed by atoms with Crippen LogP contribution >= 0.6 is 0 Å². The summed E-state index contributed by atoms with van der Waals surface area (Å²) in [5.74, 6) is 0.911. The van der Waals surface area contributed by atoms with Gasteiger partial charge < -0.3 is 15.0 Å². The molecule has 0 aliphatic rings. The molecule has 1 aromatic rings. The fraction of sp³-hybridized carbons (Fsp3) is 0.611. The van der Waals surface area contributed by atoms with Crippen LogP contribution in [0.4, 0.5) is 5.69 Å². The molecular weight excluding hydrogens is 276 g/mol. The first-order valence-corrected chi connectivity index (χ1v) is 8.37. The van der Waals surface area contributed by atoms with E-state index in [0.717, 1.165) is 44.0 Å². The number of hydrogen-bond acceptors (Lipinski definition) is 3. The van der Waals surface area contributed by atoms with Gasteiger partial charge in [0.1, 0.15) is 5.75 Å². The van der Waals surface area contributed by atoms with Gasteiger partial charge in [-0.3, -0.25) is 4.79 Å². The number of nitrogens with zero attached hydrogens (tertiary/aromatic N) is 1. The summed E-state index contributed by atoms with van der Waals surface area (Å²) in [6, 6.07) is 7.58. The van der Waals surface area contributed by atoms with Gasteiger partial charge in [0.15, 0.2) is 0 Å². The van der Waals surface area contributed by atoms with Crippen molar-refractivity contribution in [2.45, 2.75) is 46.0 Å². The van der Waals surface area contributed by atoms with Crippen molar-refractivity contribution in [2.75, 3.05) is 32.1 Å². The first kappa shape index (κ1) is 18.5. The molecule has 124 valence electrons. The molecule has 0 spiro atoms. The quantitative estimate of drug-likeness (QED) is 0.630. The van der Waals surface area contributed by atoms with Gasteiger partial charge in [0, 0.05) is 18.7 Å². The molecule has 0 heterocycles. The Bertz CT molecular complexity index is 418. The molecule has 0 aromatic heterocycles. The van der Waals surface area contributed by atoms with Gasteiger partial charge in [-0.25, -0.2) is 0 Å². The first-order valence-electron chi connectivity index (χ1n) is 8.37. The van der Waals surface area contributed by atoms with Crippen LogP contribution in [0.15, 0.2) is 24.3 Å². The minimum atomic E-state index is 0.0583. The van der Waals surface area contributed by atoms with Crippen molar-refractivity contribution in [1.29, 1.82) is 0 Å². The largest absolute Gasteiger partial charge is 0.494 e. The van der Waals surface area contributed by atoms with E-state index in [2.05, 4.69) is 31.1 Å². The van der Waals surface area contributed by atoms with E-state index in [0.29, 0.717) is 6.42 Å². The summed E-state index contributed by atoms with van der Waals surface area (Å²) >= 11 is 0. The zero-order chi connectivity index (χ0) is 16.2. The number of rotatable bonds is 11. The molecule has 0 aliphatic heterocycles. The lowest BCUT2D eigenvalue weighted by atomic mass is 10.2. The van der Waals surface area contributed by atoms with Crippen LogP contribution in [0.3, 0.4) is 0 Å². The minimum absolute atomic E-state index is 0.0583. The van der Waals surface area contributed by atoms with E-state index in [1.807, 2.05) is 24.3 Å². The summed E-state index contributed by atoms with van der Waals surface area (Å²) in [4.78, 5) is 14.1. The second kappa shape index (κ2) is 11.1. The molecule has 1 N–H and O–H groups in total. The molecule has 0 unspecified atom stereocenters. The van der Waals surface area contributed by atoms with Gasteiger partial charge in [-0.1, -0.05) is 26.7 Å². The molecule has 1 aromatic carbocycles. The number of anilines is 1. The molecular formula is C18H30N2O2. The normalized spacial score (nSPS) is 10.7. The van der Waals surface area contributed by atoms with Gasteiger partial charge in [0.25, 0.3) is 0 Å². The third-order valence-electron chi connectivity index (χ3n) is 3.52. The van der Waals surface area contributed by atoms with Gasteiger partial charge in [0.2, 0.25) is 5.91 Å². The monoisotopic (exact) mass is 306 g/mol. The number of nitrogens with one attached hydrogen (secondary N) is 1. The minimum Gasteiger partial charge on any atom is -0.494 e. The van der Waals surface area contributed by atoms with Gasteiger partial charge in [-0.15, -0.1) is 0 Å². The van der Waals surface area contributed by atoms with Gasteiger partial charge in [-0.05, 0) is 50.7 Å². The number of carbonyl (C=O) groups is 1. The molecule has 0 atom stereocenters. The maximum Gasteiger partial charge on any atom is 0.225 e. The van der Waals surface area contributed by atoms with Crippen molar-refractivity contribution < 1.29 is 9.53 Å². The smallest absolute Gasteiger partial charge is 0.225 e. The van der Waals surface area contributed by atoms with Crippen molar-refractivity contribution in [3.8, 4) is 5.75 Å². The molecule has 1 rings (SSSR count). The summed E-state index contributed by atoms with van der Waals surface area (Å²) in [7, 11) is 2.06. The number of unbranched alkanes of at least 4 members (excludes halogenated alkanes) is 2. The van der Waals surface area contributed by atoms with Crippen LogP contribution < -0.4 is 10.1 Å². The van der Waals surface area contributed by atoms with Crippen LogP contribution in [0.25, 0.3) is 0 Å². The maximum atomic E-state index is 11.9. The Balaban J connectivity index is 2.29. The molecule has 22 heavy (non-hydrogen) atoms. The Morgan fingerprint density at radius 3 is 2.41 bits per heavy atom. The third kappa shape index (κ3) is 8.03. The van der Waals surface area contributed by atoms with E-state index >= 15 is 0 Å². The number of hydrogen-bond donors (Lipinski definition) is 1. The molecule has 0 bridgehead atoms. The highest BCUT2D eigenvalue weighted by molar-refractivity contribution is 5.90. The predicted molar refractivity (Wildman–Crippen MR) is 92.5 cm³/mol. The summed E-state index contributed by atoms with van der Waals surface area (Å²) < 4.78 is 5.60. The molecule has 4 heteroatoms. The highest BCUT2D eigenvalue weighted by Crippen LogP contribution is 2.16. The van der Waals surface area contributed by atoms with E-state index in [1.54, 1.807) is 0 Å². The predicted octanol–water partition coefficient (Wildman–Crippen LogP) is 3.93. The summed E-state index contributed by atoms with van der Waals surface area (Å²) in [6.45, 7) is 6.90. The maximum absolute atomic E-state index is 11.9. The molecule has 0 aliphatic carbocycles. The van der Waals surface area contributed by atoms with E-state index in [4.69, 9.17) is 4.74 Å². The fourth-order valence-corrected chi connectivity index (χ4v) is 2.02. The van der Waals surface area contributed by atoms with Crippen LogP contribution in [0, 0.1) is 0 Å². The first-order chi connectivity index (χ1) is 10.7. The van der Waals surface area contributed by atoms with Crippen molar-refractivity contribution in [3.05, 3.63) is 24.3 Å². The Labute approximate surface area is 134 Å². The highest BCUT2D eigenvalue weighted by Gasteiger charge is 2.05. The SMILES string of the molecule is CCCCOc1ccc(NC(=O)CCN(C)CCCC)cc1. The molecule has 4 nitrogen and oxygen atoms in total. The number of ether oxygens (including phenoxy) is 1. The van der Waals surface area contributed by atoms with Crippen molar-refractivity contribution >= 4 is 11.6 Å². The second-order valence-electron chi connectivity index (χ2n) is 5.68. The summed E-state index contributed by atoms with van der Waals surface area (Å²) in [5.41, 5.74) is 0.823. The highest BCUT2D eigenvalue weighted by atomic mass is 16.5. The summed E-state index contributed by atoms with van der Waals surface area (Å²) in [5, 5.41) is 2.93. The average Bonchev–Trinajstić information content (AvgIpc) is 2.53. The van der Waals surface area contributed by atoms with Gasteiger partial charge >= 0.3 is 0 Å². The lowest BCUT2D eigenvalue weighted by Gasteiger charge is -2.15. The summed E-state index contributed by atoms with van der Waals surface area (Å²) in [6.07, 6.45) is 5.07. The van der Waals surface area contributed by atoms with Crippen molar-refractivity contribution in [2.24, 2.45) is 0 Å². The van der Waals surface area contributed by atoms with E-state index in [9.17, 15) is 4.79 Å². The molecule has 0 radical (unpaired) electrons. The lowest BCUT2D eigenvalue weighted by Crippen LogP contribution is -2.25. The Morgan fingerprint density at radius 2 is 1.77 bits per heavy atom. The Kier molecular flexibility index (Phi) is 9.31. The van der Waals surface area contributed by atoms with Crippen LogP contribution in [-0.2, 0) is 4.79 Å².